The first-order valence-corrected chi connectivity index (χ1v) is 7.06. The molecule has 0 unspecified atom stereocenters. The Hall–Kier alpha value is -1.89. The lowest BCUT2D eigenvalue weighted by Gasteiger charge is -2.03. The van der Waals surface area contributed by atoms with Crippen LogP contribution in [-0.2, 0) is 5.75 Å². The van der Waals surface area contributed by atoms with Gasteiger partial charge >= 0.3 is 0 Å². The molecule has 3 rings (SSSR count). The van der Waals surface area contributed by atoms with Gasteiger partial charge in [0.2, 0.25) is 5.16 Å². The van der Waals surface area contributed by atoms with Crippen molar-refractivity contribution >= 4 is 17.6 Å². The van der Waals surface area contributed by atoms with E-state index >= 15 is 0 Å². The molecule has 3 N–H and O–H groups in total. The van der Waals surface area contributed by atoms with Gasteiger partial charge in [0.15, 0.2) is 0 Å². The Kier molecular flexibility index (Phi) is 3.20. The molecule has 0 atom stereocenters. The number of nitrogens with two attached hydrogens (primary N) is 1. The fourth-order valence-corrected chi connectivity index (χ4v) is 2.66. The van der Waals surface area contributed by atoms with Crippen LogP contribution in [0.3, 0.4) is 0 Å². The molecule has 1 saturated carbocycles. The molecule has 1 aromatic heterocycles. The molecule has 1 heterocycles. The molecule has 2 aromatic rings. The number of nitrogens with one attached hydrogen (secondary N) is 1. The second kappa shape index (κ2) is 5.00. The Morgan fingerprint density at radius 3 is 2.74 bits per heavy atom. The Morgan fingerprint density at radius 2 is 2.11 bits per heavy atom. The number of nitrogens with zero attached hydrogens (tertiary/aromatic N) is 4. The molecule has 0 radical (unpaired) electrons. The van der Waals surface area contributed by atoms with Crippen LogP contribution in [0.4, 0.5) is 0 Å². The maximum absolute atomic E-state index is 7.35. The van der Waals surface area contributed by atoms with E-state index in [2.05, 4.69) is 15.5 Å². The van der Waals surface area contributed by atoms with E-state index in [0.29, 0.717) is 6.04 Å². The zero-order valence-corrected chi connectivity index (χ0v) is 11.1. The molecule has 98 valence electrons. The smallest absolute Gasteiger partial charge is 0.209 e. The van der Waals surface area contributed by atoms with Gasteiger partial charge in [-0.25, -0.2) is 4.68 Å². The van der Waals surface area contributed by atoms with Crippen LogP contribution in [0.1, 0.15) is 30.0 Å². The van der Waals surface area contributed by atoms with Crippen molar-refractivity contribution in [3.8, 4) is 0 Å². The third-order valence-corrected chi connectivity index (χ3v) is 3.99. The first kappa shape index (κ1) is 12.2. The first-order valence-electron chi connectivity index (χ1n) is 6.08. The normalized spacial score (nSPS) is 14.5. The molecule has 1 fully saturated rings. The van der Waals surface area contributed by atoms with Crippen LogP contribution < -0.4 is 5.73 Å². The zero-order chi connectivity index (χ0) is 13.2. The first-order chi connectivity index (χ1) is 9.24. The van der Waals surface area contributed by atoms with Crippen molar-refractivity contribution in [2.75, 3.05) is 0 Å². The Labute approximate surface area is 114 Å². The highest BCUT2D eigenvalue weighted by molar-refractivity contribution is 7.98. The van der Waals surface area contributed by atoms with Gasteiger partial charge in [0, 0.05) is 11.3 Å². The fraction of sp³-hybridized carbons (Fsp3) is 0.333. The second-order valence-corrected chi connectivity index (χ2v) is 5.48. The van der Waals surface area contributed by atoms with Crippen LogP contribution in [0.5, 0.6) is 0 Å². The van der Waals surface area contributed by atoms with E-state index in [9.17, 15) is 0 Å². The zero-order valence-electron chi connectivity index (χ0n) is 10.3. The molecule has 1 aliphatic rings. The molecule has 1 aliphatic carbocycles. The topological polar surface area (TPSA) is 93.5 Å². The van der Waals surface area contributed by atoms with Crippen LogP contribution >= 0.6 is 11.8 Å². The summed E-state index contributed by atoms with van der Waals surface area (Å²) < 4.78 is 1.91. The van der Waals surface area contributed by atoms with Crippen molar-refractivity contribution < 1.29 is 0 Å². The highest BCUT2D eigenvalue weighted by Gasteiger charge is 2.27. The SMILES string of the molecule is N=C(N)c1ccc(CSc2nnnn2C2CC2)cc1. The van der Waals surface area contributed by atoms with Crippen LogP contribution in [0, 0.1) is 5.41 Å². The maximum atomic E-state index is 7.35. The lowest BCUT2D eigenvalue weighted by molar-refractivity contribution is 0.565. The predicted molar refractivity (Wildman–Crippen MR) is 73.1 cm³/mol. The average Bonchev–Trinajstić information content (AvgIpc) is 3.16. The van der Waals surface area contributed by atoms with Crippen LogP contribution in [0.25, 0.3) is 0 Å². The van der Waals surface area contributed by atoms with E-state index in [0.717, 1.165) is 16.5 Å². The molecule has 0 amide bonds. The van der Waals surface area contributed by atoms with E-state index in [4.69, 9.17) is 11.1 Å². The summed E-state index contributed by atoms with van der Waals surface area (Å²) >= 11 is 1.63. The largest absolute Gasteiger partial charge is 0.384 e. The van der Waals surface area contributed by atoms with Gasteiger partial charge in [0.1, 0.15) is 5.84 Å². The lowest BCUT2D eigenvalue weighted by atomic mass is 10.1. The summed E-state index contributed by atoms with van der Waals surface area (Å²) in [7, 11) is 0. The molecular weight excluding hydrogens is 260 g/mol. The third kappa shape index (κ3) is 2.76. The van der Waals surface area contributed by atoms with Crippen molar-refractivity contribution in [3.63, 3.8) is 0 Å². The molecule has 19 heavy (non-hydrogen) atoms. The Balaban J connectivity index is 1.65. The molecule has 1 aromatic carbocycles. The summed E-state index contributed by atoms with van der Waals surface area (Å²) in [6.45, 7) is 0. The minimum absolute atomic E-state index is 0.0943. The van der Waals surface area contributed by atoms with Gasteiger partial charge in [-0.05, 0) is 28.8 Å². The van der Waals surface area contributed by atoms with Gasteiger partial charge in [0.05, 0.1) is 6.04 Å². The van der Waals surface area contributed by atoms with Crippen molar-refractivity contribution in [1.29, 1.82) is 5.41 Å². The van der Waals surface area contributed by atoms with Crippen LogP contribution in [0.2, 0.25) is 0 Å². The maximum Gasteiger partial charge on any atom is 0.209 e. The van der Waals surface area contributed by atoms with Gasteiger partial charge in [-0.2, -0.15) is 0 Å². The van der Waals surface area contributed by atoms with Gasteiger partial charge < -0.3 is 5.73 Å². The lowest BCUT2D eigenvalue weighted by Crippen LogP contribution is -2.10. The van der Waals surface area contributed by atoms with Crippen LogP contribution in [0.15, 0.2) is 29.4 Å². The predicted octanol–water partition coefficient (Wildman–Crippen LogP) is 1.58. The molecular formula is C12H14N6S. The second-order valence-electron chi connectivity index (χ2n) is 4.54. The molecule has 7 heteroatoms. The quantitative estimate of drug-likeness (QED) is 0.490. The molecule has 0 spiro atoms. The highest BCUT2D eigenvalue weighted by atomic mass is 32.2. The minimum Gasteiger partial charge on any atom is -0.384 e. The van der Waals surface area contributed by atoms with E-state index in [1.165, 1.54) is 18.4 Å². The monoisotopic (exact) mass is 274 g/mol. The van der Waals surface area contributed by atoms with E-state index < -0.39 is 0 Å². The molecule has 0 bridgehead atoms. The Bertz CT molecular complexity index is 587. The van der Waals surface area contributed by atoms with Crippen molar-refractivity contribution in [2.45, 2.75) is 29.8 Å². The van der Waals surface area contributed by atoms with Crippen LogP contribution in [-0.4, -0.2) is 26.0 Å². The van der Waals surface area contributed by atoms with E-state index in [1.807, 2.05) is 28.9 Å². The number of hydrogen-bond acceptors (Lipinski definition) is 5. The standard InChI is InChI=1S/C12H14N6S/c13-11(14)9-3-1-8(2-4-9)7-19-12-15-16-17-18(12)10-5-6-10/h1-4,10H,5-7H2,(H3,13,14). The number of rotatable bonds is 5. The number of hydrogen-bond donors (Lipinski definition) is 2. The minimum atomic E-state index is 0.0943. The summed E-state index contributed by atoms with van der Waals surface area (Å²) in [6.07, 6.45) is 2.35. The number of tetrazole rings is 1. The Morgan fingerprint density at radius 1 is 1.37 bits per heavy atom. The number of nitrogen functional groups attached to an aromatic ring is 1. The van der Waals surface area contributed by atoms with Gasteiger partial charge in [0.25, 0.3) is 0 Å². The summed E-state index contributed by atoms with van der Waals surface area (Å²) in [5.74, 6) is 0.905. The fourth-order valence-electron chi connectivity index (χ4n) is 1.76. The van der Waals surface area contributed by atoms with Gasteiger partial charge in [-0.1, -0.05) is 36.0 Å². The molecule has 0 saturated heterocycles. The highest BCUT2D eigenvalue weighted by Crippen LogP contribution is 2.36. The summed E-state index contributed by atoms with van der Waals surface area (Å²) in [6, 6.07) is 8.19. The number of aromatic nitrogens is 4. The summed E-state index contributed by atoms with van der Waals surface area (Å²) in [4.78, 5) is 0. The summed E-state index contributed by atoms with van der Waals surface area (Å²) in [5, 5.41) is 20.0. The van der Waals surface area contributed by atoms with Crippen molar-refractivity contribution in [1.82, 2.24) is 20.2 Å². The number of amidine groups is 1. The summed E-state index contributed by atoms with van der Waals surface area (Å²) in [5.41, 5.74) is 7.34. The number of benzene rings is 1. The van der Waals surface area contributed by atoms with E-state index in [-0.39, 0.29) is 5.84 Å². The number of thioether (sulfide) groups is 1. The van der Waals surface area contributed by atoms with Gasteiger partial charge in [-0.15, -0.1) is 5.10 Å². The molecule has 0 aliphatic heterocycles. The van der Waals surface area contributed by atoms with Crippen molar-refractivity contribution in [3.05, 3.63) is 35.4 Å². The molecule has 6 nitrogen and oxygen atoms in total. The average molecular weight is 274 g/mol. The van der Waals surface area contributed by atoms with Gasteiger partial charge in [-0.3, -0.25) is 5.41 Å². The van der Waals surface area contributed by atoms with Crippen molar-refractivity contribution in [2.24, 2.45) is 5.73 Å². The third-order valence-electron chi connectivity index (χ3n) is 2.99. The van der Waals surface area contributed by atoms with E-state index in [1.54, 1.807) is 11.8 Å².